The lowest BCUT2D eigenvalue weighted by Gasteiger charge is -2.27. The Morgan fingerprint density at radius 2 is 1.57 bits per heavy atom. The summed E-state index contributed by atoms with van der Waals surface area (Å²) < 4.78 is 38.7. The van der Waals surface area contributed by atoms with Gasteiger partial charge in [0, 0.05) is 5.56 Å². The molecule has 5 heteroatoms. The molecule has 0 saturated carbocycles. The van der Waals surface area contributed by atoms with Gasteiger partial charge in [0.25, 0.3) is 5.85 Å². The molecule has 0 fully saturated rings. The number of hydrogen-bond acceptors (Lipinski definition) is 2. The van der Waals surface area contributed by atoms with Crippen LogP contribution in [-0.2, 0) is 5.85 Å². The van der Waals surface area contributed by atoms with E-state index in [0.29, 0.717) is 0 Å². The van der Waals surface area contributed by atoms with Crippen LogP contribution in [-0.4, -0.2) is 22.7 Å². The largest absolute Gasteiger partial charge is 0.390 e. The number of alkyl halides is 3. The van der Waals surface area contributed by atoms with Crippen molar-refractivity contribution in [3.63, 3.8) is 0 Å². The zero-order valence-corrected chi connectivity index (χ0v) is 7.12. The summed E-state index contributed by atoms with van der Waals surface area (Å²) in [6.07, 6.45) is 0. The second kappa shape index (κ2) is 3.59. The lowest BCUT2D eigenvalue weighted by atomic mass is 10.0. The second-order valence-electron chi connectivity index (χ2n) is 2.85. The summed E-state index contributed by atoms with van der Waals surface area (Å²) in [6, 6.07) is 6.16. The van der Waals surface area contributed by atoms with Crippen LogP contribution >= 0.6 is 0 Å². The minimum Gasteiger partial charge on any atom is -0.390 e. The summed E-state index contributed by atoms with van der Waals surface area (Å²) in [5.41, 5.74) is -0.584. The van der Waals surface area contributed by atoms with Crippen molar-refractivity contribution >= 4 is 0 Å². The molecule has 0 saturated heterocycles. The van der Waals surface area contributed by atoms with Crippen molar-refractivity contribution in [3.05, 3.63) is 35.9 Å². The van der Waals surface area contributed by atoms with Gasteiger partial charge in [0.1, 0.15) is 6.61 Å². The van der Waals surface area contributed by atoms with Gasteiger partial charge < -0.3 is 10.2 Å². The molecule has 0 heterocycles. The Hall–Kier alpha value is -1.07. The number of hydrogen-bond donors (Lipinski definition) is 2. The van der Waals surface area contributed by atoms with Crippen molar-refractivity contribution in [2.75, 3.05) is 6.61 Å². The average Bonchev–Trinajstić information content (AvgIpc) is 2.19. The van der Waals surface area contributed by atoms with E-state index in [1.54, 1.807) is 0 Å². The van der Waals surface area contributed by atoms with Crippen LogP contribution in [0, 0.1) is 0 Å². The molecule has 14 heavy (non-hydrogen) atoms. The number of benzene rings is 1. The molecule has 0 aliphatic carbocycles. The fraction of sp³-hybridized carbons (Fsp3) is 0.333. The third kappa shape index (κ3) is 1.73. The predicted octanol–water partition coefficient (Wildman–Crippen LogP) is 1.43. The first kappa shape index (κ1) is 11.0. The maximum Gasteiger partial charge on any atom is 0.332 e. The molecule has 0 aromatic heterocycles. The van der Waals surface area contributed by atoms with Gasteiger partial charge in [-0.3, -0.25) is 0 Å². The first-order valence-corrected chi connectivity index (χ1v) is 3.87. The molecule has 2 N–H and O–H groups in total. The van der Waals surface area contributed by atoms with Crippen LogP contribution in [0.25, 0.3) is 0 Å². The summed E-state index contributed by atoms with van der Waals surface area (Å²) in [5, 5.41) is 17.2. The van der Waals surface area contributed by atoms with E-state index in [9.17, 15) is 13.2 Å². The molecule has 0 radical (unpaired) electrons. The van der Waals surface area contributed by atoms with Crippen molar-refractivity contribution in [1.29, 1.82) is 0 Å². The Morgan fingerprint density at radius 3 is 2.00 bits per heavy atom. The van der Waals surface area contributed by atoms with Crippen molar-refractivity contribution in [1.82, 2.24) is 0 Å². The van der Waals surface area contributed by atoms with Gasteiger partial charge in [-0.2, -0.15) is 13.2 Å². The molecule has 1 aromatic rings. The molecule has 1 unspecified atom stereocenters. The van der Waals surface area contributed by atoms with E-state index >= 15 is 0 Å². The van der Waals surface area contributed by atoms with Gasteiger partial charge in [-0.1, -0.05) is 30.3 Å². The van der Waals surface area contributed by atoms with Crippen molar-refractivity contribution < 1.29 is 23.4 Å². The van der Waals surface area contributed by atoms with Gasteiger partial charge in [-0.05, 0) is 0 Å². The quantitative estimate of drug-likeness (QED) is 0.785. The Labute approximate surface area is 78.6 Å². The zero-order valence-electron chi connectivity index (χ0n) is 7.12. The van der Waals surface area contributed by atoms with E-state index in [0.717, 1.165) is 12.1 Å². The molecule has 1 aromatic carbocycles. The molecule has 0 amide bonds. The number of aliphatic hydroxyl groups is 2. The van der Waals surface area contributed by atoms with Crippen molar-refractivity contribution in [2.45, 2.75) is 11.8 Å². The highest BCUT2D eigenvalue weighted by atomic mass is 19.3. The minimum atomic E-state index is -4.21. The lowest BCUT2D eigenvalue weighted by Crippen LogP contribution is -2.44. The van der Waals surface area contributed by atoms with E-state index in [2.05, 4.69) is 0 Å². The molecule has 0 aliphatic rings. The SMILES string of the molecule is OCC(F)(F)C(O)(F)c1ccccc1. The summed E-state index contributed by atoms with van der Waals surface area (Å²) >= 11 is 0. The normalized spacial score (nSPS) is 16.4. The third-order valence-corrected chi connectivity index (χ3v) is 1.84. The van der Waals surface area contributed by atoms with Gasteiger partial charge in [0.05, 0.1) is 0 Å². The molecule has 0 spiro atoms. The molecular formula is C9H9F3O2. The standard InChI is InChI=1S/C9H9F3O2/c10-8(11,6-13)9(12,14)7-4-2-1-3-5-7/h1-5,13-14H,6H2. The monoisotopic (exact) mass is 206 g/mol. The second-order valence-corrected chi connectivity index (χ2v) is 2.85. The smallest absolute Gasteiger partial charge is 0.332 e. The summed E-state index contributed by atoms with van der Waals surface area (Å²) in [7, 11) is 0. The molecule has 0 bridgehead atoms. The fourth-order valence-electron chi connectivity index (χ4n) is 0.975. The van der Waals surface area contributed by atoms with Crippen LogP contribution in [0.2, 0.25) is 0 Å². The van der Waals surface area contributed by atoms with Crippen LogP contribution in [0.3, 0.4) is 0 Å². The topological polar surface area (TPSA) is 40.5 Å². The van der Waals surface area contributed by atoms with E-state index < -0.39 is 23.9 Å². The minimum absolute atomic E-state index is 0.584. The summed E-state index contributed by atoms with van der Waals surface area (Å²) in [4.78, 5) is 0. The van der Waals surface area contributed by atoms with Crippen LogP contribution < -0.4 is 0 Å². The summed E-state index contributed by atoms with van der Waals surface area (Å²) in [5.74, 6) is -8.06. The molecule has 1 rings (SSSR count). The number of rotatable bonds is 3. The molecular weight excluding hydrogens is 197 g/mol. The first-order valence-electron chi connectivity index (χ1n) is 3.87. The van der Waals surface area contributed by atoms with E-state index in [1.165, 1.54) is 18.2 Å². The maximum absolute atomic E-state index is 13.2. The molecule has 2 nitrogen and oxygen atoms in total. The number of halogens is 3. The van der Waals surface area contributed by atoms with Gasteiger partial charge >= 0.3 is 5.92 Å². The van der Waals surface area contributed by atoms with Crippen molar-refractivity contribution in [3.8, 4) is 0 Å². The predicted molar refractivity (Wildman–Crippen MR) is 43.5 cm³/mol. The maximum atomic E-state index is 13.2. The highest BCUT2D eigenvalue weighted by molar-refractivity contribution is 5.22. The van der Waals surface area contributed by atoms with Crippen molar-refractivity contribution in [2.24, 2.45) is 0 Å². The highest BCUT2D eigenvalue weighted by Crippen LogP contribution is 2.38. The summed E-state index contributed by atoms with van der Waals surface area (Å²) in [6.45, 7) is -1.76. The van der Waals surface area contributed by atoms with Crippen LogP contribution in [0.4, 0.5) is 13.2 Å². The van der Waals surface area contributed by atoms with Gasteiger partial charge in [0.15, 0.2) is 0 Å². The zero-order chi connectivity index (χ0) is 10.8. The van der Waals surface area contributed by atoms with Crippen LogP contribution in [0.15, 0.2) is 30.3 Å². The number of aliphatic hydroxyl groups excluding tert-OH is 1. The van der Waals surface area contributed by atoms with Gasteiger partial charge in [0.2, 0.25) is 0 Å². The van der Waals surface area contributed by atoms with E-state index in [4.69, 9.17) is 10.2 Å². The first-order chi connectivity index (χ1) is 6.42. The fourth-order valence-corrected chi connectivity index (χ4v) is 0.975. The van der Waals surface area contributed by atoms with Crippen LogP contribution in [0.1, 0.15) is 5.56 Å². The van der Waals surface area contributed by atoms with Gasteiger partial charge in [-0.25, -0.2) is 0 Å². The third-order valence-electron chi connectivity index (χ3n) is 1.84. The average molecular weight is 206 g/mol. The highest BCUT2D eigenvalue weighted by Gasteiger charge is 2.54. The molecule has 78 valence electrons. The Balaban J connectivity index is 3.08. The van der Waals surface area contributed by atoms with E-state index in [-0.39, 0.29) is 0 Å². The molecule has 0 aliphatic heterocycles. The van der Waals surface area contributed by atoms with E-state index in [1.807, 2.05) is 0 Å². The lowest BCUT2D eigenvalue weighted by molar-refractivity contribution is -0.273. The Bertz CT molecular complexity index is 298. The Kier molecular flexibility index (Phi) is 2.82. The molecule has 1 atom stereocenters. The van der Waals surface area contributed by atoms with Crippen LogP contribution in [0.5, 0.6) is 0 Å². The Morgan fingerprint density at radius 1 is 1.07 bits per heavy atom. The van der Waals surface area contributed by atoms with Gasteiger partial charge in [-0.15, -0.1) is 0 Å².